The van der Waals surface area contributed by atoms with Crippen LogP contribution in [-0.4, -0.2) is 36.1 Å². The molecule has 0 aliphatic rings. The average Bonchev–Trinajstić information content (AvgIpc) is 3.00. The van der Waals surface area contributed by atoms with Gasteiger partial charge in [0, 0.05) is 5.56 Å². The Kier molecular flexibility index (Phi) is 7.92. The Morgan fingerprint density at radius 1 is 0.900 bits per heavy atom. The summed E-state index contributed by atoms with van der Waals surface area (Å²) in [5.41, 5.74) is -1.07. The number of ether oxygens (including phenoxy) is 2. The van der Waals surface area contributed by atoms with E-state index >= 15 is 0 Å². The summed E-state index contributed by atoms with van der Waals surface area (Å²) in [7, 11) is -4.44. The fraction of sp³-hybridized carbons (Fsp3) is 0.400. The molecule has 2 rings (SSSR count). The van der Waals surface area contributed by atoms with E-state index in [0.717, 1.165) is 11.3 Å². The van der Waals surface area contributed by atoms with Crippen molar-refractivity contribution in [3.05, 3.63) is 40.8 Å². The second kappa shape index (κ2) is 9.09. The van der Waals surface area contributed by atoms with Gasteiger partial charge in [0.1, 0.15) is 11.2 Å². The van der Waals surface area contributed by atoms with Crippen molar-refractivity contribution in [2.24, 2.45) is 0 Å². The van der Waals surface area contributed by atoms with E-state index in [1.807, 2.05) is 0 Å². The Labute approximate surface area is 187 Å². The molecule has 1 heterocycles. The lowest BCUT2D eigenvalue weighted by Gasteiger charge is -2.23. The molecule has 0 saturated heterocycles. The SMILES string of the molecule is CC(C)(C)OC(=O)c1ccc(-c2ccsc2S(=O)(=O)O)cc1C(=O)OC(C)(C)C.S. The summed E-state index contributed by atoms with van der Waals surface area (Å²) < 4.78 is 43.2. The molecular weight excluding hydrogens is 448 g/mol. The lowest BCUT2D eigenvalue weighted by molar-refractivity contribution is 0.00188. The maximum absolute atomic E-state index is 12.8. The van der Waals surface area contributed by atoms with E-state index in [9.17, 15) is 22.6 Å². The predicted molar refractivity (Wildman–Crippen MR) is 120 cm³/mol. The van der Waals surface area contributed by atoms with Gasteiger partial charge in [-0.2, -0.15) is 21.9 Å². The molecule has 0 spiro atoms. The lowest BCUT2D eigenvalue weighted by atomic mass is 10.00. The van der Waals surface area contributed by atoms with Crippen LogP contribution in [0.4, 0.5) is 0 Å². The summed E-state index contributed by atoms with van der Waals surface area (Å²) in [6, 6.07) is 5.75. The molecule has 2 aromatic rings. The van der Waals surface area contributed by atoms with Gasteiger partial charge in [0.05, 0.1) is 11.1 Å². The van der Waals surface area contributed by atoms with Crippen LogP contribution < -0.4 is 0 Å². The van der Waals surface area contributed by atoms with Gasteiger partial charge in [-0.25, -0.2) is 9.59 Å². The van der Waals surface area contributed by atoms with E-state index in [0.29, 0.717) is 5.56 Å². The molecule has 0 saturated carbocycles. The van der Waals surface area contributed by atoms with E-state index < -0.39 is 33.3 Å². The van der Waals surface area contributed by atoms with Gasteiger partial charge in [0.2, 0.25) is 0 Å². The fourth-order valence-electron chi connectivity index (χ4n) is 2.43. The molecule has 0 aliphatic heterocycles. The second-order valence-electron chi connectivity index (χ2n) is 8.36. The molecule has 0 radical (unpaired) electrons. The van der Waals surface area contributed by atoms with Crippen LogP contribution >= 0.6 is 24.8 Å². The highest BCUT2D eigenvalue weighted by Crippen LogP contribution is 2.34. The van der Waals surface area contributed by atoms with Crippen molar-refractivity contribution in [3.63, 3.8) is 0 Å². The van der Waals surface area contributed by atoms with Crippen molar-refractivity contribution < 1.29 is 32.0 Å². The molecule has 0 atom stereocenters. The minimum absolute atomic E-state index is 0. The smallest absolute Gasteiger partial charge is 0.339 e. The molecule has 30 heavy (non-hydrogen) atoms. The van der Waals surface area contributed by atoms with Crippen LogP contribution in [0.25, 0.3) is 11.1 Å². The molecule has 1 N–H and O–H groups in total. The summed E-state index contributed by atoms with van der Waals surface area (Å²) in [6.07, 6.45) is 0. The number of benzene rings is 1. The van der Waals surface area contributed by atoms with Gasteiger partial charge < -0.3 is 9.47 Å². The van der Waals surface area contributed by atoms with Gasteiger partial charge in [0.25, 0.3) is 0 Å². The quantitative estimate of drug-likeness (QED) is 0.506. The number of carbonyl (C=O) groups excluding carboxylic acids is 2. The average molecular weight is 475 g/mol. The van der Waals surface area contributed by atoms with Crippen molar-refractivity contribution in [1.82, 2.24) is 0 Å². The first-order valence-electron chi connectivity index (χ1n) is 8.74. The van der Waals surface area contributed by atoms with Crippen molar-refractivity contribution in [2.45, 2.75) is 57.0 Å². The Hall–Kier alpha value is -1.88. The Morgan fingerprint density at radius 3 is 1.87 bits per heavy atom. The zero-order valence-corrected chi connectivity index (χ0v) is 20.2. The van der Waals surface area contributed by atoms with Crippen LogP contribution in [0.3, 0.4) is 0 Å². The highest BCUT2D eigenvalue weighted by molar-refractivity contribution is 7.88. The minimum atomic E-state index is -4.44. The Morgan fingerprint density at radius 2 is 1.40 bits per heavy atom. The van der Waals surface area contributed by atoms with E-state index in [-0.39, 0.29) is 34.4 Å². The topological polar surface area (TPSA) is 107 Å². The highest BCUT2D eigenvalue weighted by atomic mass is 32.3. The monoisotopic (exact) mass is 474 g/mol. The number of thiophene rings is 1. The summed E-state index contributed by atoms with van der Waals surface area (Å²) in [5, 5.41) is 1.51. The van der Waals surface area contributed by atoms with E-state index in [4.69, 9.17) is 9.47 Å². The van der Waals surface area contributed by atoms with Gasteiger partial charge in [-0.1, -0.05) is 6.07 Å². The fourth-order valence-corrected chi connectivity index (χ4v) is 4.19. The maximum atomic E-state index is 12.8. The molecule has 0 unspecified atom stereocenters. The first-order chi connectivity index (χ1) is 13.1. The molecule has 0 fully saturated rings. The molecule has 7 nitrogen and oxygen atoms in total. The van der Waals surface area contributed by atoms with Crippen molar-refractivity contribution in [2.75, 3.05) is 0 Å². The van der Waals surface area contributed by atoms with E-state index in [1.54, 1.807) is 41.5 Å². The zero-order valence-electron chi connectivity index (χ0n) is 17.6. The van der Waals surface area contributed by atoms with Crippen LogP contribution in [0.15, 0.2) is 33.9 Å². The van der Waals surface area contributed by atoms with Gasteiger partial charge in [-0.15, -0.1) is 11.3 Å². The lowest BCUT2D eigenvalue weighted by Crippen LogP contribution is -2.28. The molecule has 1 aromatic heterocycles. The van der Waals surface area contributed by atoms with E-state index in [1.165, 1.54) is 29.6 Å². The zero-order chi connectivity index (χ0) is 22.2. The van der Waals surface area contributed by atoms with Gasteiger partial charge in [-0.05, 0) is 70.7 Å². The number of hydrogen-bond acceptors (Lipinski definition) is 7. The third-order valence-corrected chi connectivity index (χ3v) is 5.75. The van der Waals surface area contributed by atoms with Gasteiger partial charge in [0.15, 0.2) is 4.21 Å². The second-order valence-corrected chi connectivity index (χ2v) is 10.9. The van der Waals surface area contributed by atoms with Crippen molar-refractivity contribution >= 4 is 46.9 Å². The first-order valence-corrected chi connectivity index (χ1v) is 11.1. The van der Waals surface area contributed by atoms with Crippen molar-refractivity contribution in [1.29, 1.82) is 0 Å². The summed E-state index contributed by atoms with van der Waals surface area (Å²) in [4.78, 5) is 25.4. The van der Waals surface area contributed by atoms with Crippen LogP contribution in [-0.2, 0) is 19.6 Å². The number of carbonyl (C=O) groups is 2. The summed E-state index contributed by atoms with van der Waals surface area (Å²) >= 11 is 0.848. The number of rotatable bonds is 4. The van der Waals surface area contributed by atoms with Gasteiger partial charge >= 0.3 is 22.1 Å². The molecule has 0 bridgehead atoms. The molecule has 166 valence electrons. The van der Waals surface area contributed by atoms with Crippen LogP contribution in [0.5, 0.6) is 0 Å². The molecule has 0 amide bonds. The standard InChI is InChI=1S/C20H24O7S2.H2S/c1-19(2,3)26-16(21)14-8-7-12(11-15(14)17(22)27-20(4,5)6)13-9-10-28-18(13)29(23,24)25;/h7-11H,1-6H3,(H,23,24,25);1H2. The highest BCUT2D eigenvalue weighted by Gasteiger charge is 2.28. The van der Waals surface area contributed by atoms with Crippen LogP contribution in [0.1, 0.15) is 62.3 Å². The Balaban J connectivity index is 0.00000450. The van der Waals surface area contributed by atoms with Crippen molar-refractivity contribution in [3.8, 4) is 11.1 Å². The molecular formula is C20H26O7S3. The summed E-state index contributed by atoms with van der Waals surface area (Å²) in [6.45, 7) is 10.2. The normalized spacial score (nSPS) is 12.1. The Bertz CT molecular complexity index is 1040. The number of esters is 2. The number of hydrogen-bond donors (Lipinski definition) is 1. The predicted octanol–water partition coefficient (Wildman–Crippen LogP) is 4.69. The first kappa shape index (κ1) is 26.2. The summed E-state index contributed by atoms with van der Waals surface area (Å²) in [5.74, 6) is -1.45. The van der Waals surface area contributed by atoms with E-state index in [2.05, 4.69) is 0 Å². The van der Waals surface area contributed by atoms with Gasteiger partial charge in [-0.3, -0.25) is 4.55 Å². The van der Waals surface area contributed by atoms with Crippen LogP contribution in [0.2, 0.25) is 0 Å². The largest absolute Gasteiger partial charge is 0.456 e. The molecule has 10 heteroatoms. The third kappa shape index (κ3) is 6.83. The third-order valence-electron chi connectivity index (χ3n) is 3.43. The molecule has 0 aliphatic carbocycles. The van der Waals surface area contributed by atoms with Crippen LogP contribution in [0, 0.1) is 0 Å². The minimum Gasteiger partial charge on any atom is -0.456 e. The maximum Gasteiger partial charge on any atom is 0.339 e. The molecule has 1 aromatic carbocycles.